The van der Waals surface area contributed by atoms with Crippen molar-refractivity contribution in [2.75, 3.05) is 11.9 Å². The van der Waals surface area contributed by atoms with Crippen molar-refractivity contribution < 1.29 is 0 Å². The highest BCUT2D eigenvalue weighted by Crippen LogP contribution is 2.24. The molecule has 0 saturated heterocycles. The Morgan fingerprint density at radius 3 is 2.47 bits per heavy atom. The Labute approximate surface area is 114 Å². The number of para-hydroxylation sites is 2. The Hall–Kier alpha value is -1.64. The van der Waals surface area contributed by atoms with Crippen LogP contribution < -0.4 is 5.32 Å². The van der Waals surface area contributed by atoms with Crippen molar-refractivity contribution in [3.63, 3.8) is 0 Å². The molecule has 0 spiro atoms. The van der Waals surface area contributed by atoms with E-state index in [1.54, 1.807) is 0 Å². The fourth-order valence-corrected chi connectivity index (χ4v) is 2.89. The summed E-state index contributed by atoms with van der Waals surface area (Å²) in [5.74, 6) is 1.76. The number of benzene rings is 1. The molecule has 2 aromatic rings. The maximum atomic E-state index is 4.69. The van der Waals surface area contributed by atoms with Gasteiger partial charge in [-0.3, -0.25) is 0 Å². The van der Waals surface area contributed by atoms with Gasteiger partial charge < -0.3 is 5.32 Å². The van der Waals surface area contributed by atoms with Gasteiger partial charge in [-0.2, -0.15) is 0 Å². The normalized spacial score (nSPS) is 16.7. The van der Waals surface area contributed by atoms with Gasteiger partial charge in [-0.1, -0.05) is 31.4 Å². The van der Waals surface area contributed by atoms with Crippen LogP contribution in [0.5, 0.6) is 0 Å². The Balaban J connectivity index is 1.74. The second-order valence-electron chi connectivity index (χ2n) is 5.53. The minimum Gasteiger partial charge on any atom is -0.368 e. The van der Waals surface area contributed by atoms with Crippen molar-refractivity contribution in [3.8, 4) is 0 Å². The summed E-state index contributed by atoms with van der Waals surface area (Å²) in [5, 5.41) is 3.50. The average molecular weight is 255 g/mol. The molecule has 0 aliphatic heterocycles. The molecular weight excluding hydrogens is 234 g/mol. The second kappa shape index (κ2) is 5.55. The highest BCUT2D eigenvalue weighted by Gasteiger charge is 2.14. The van der Waals surface area contributed by atoms with Crippen molar-refractivity contribution in [1.82, 2.24) is 9.97 Å². The predicted octanol–water partition coefficient (Wildman–Crippen LogP) is 3.93. The van der Waals surface area contributed by atoms with E-state index in [-0.39, 0.29) is 0 Å². The summed E-state index contributed by atoms with van der Waals surface area (Å²) in [5.41, 5.74) is 2.94. The largest absolute Gasteiger partial charge is 0.368 e. The fourth-order valence-electron chi connectivity index (χ4n) is 2.89. The van der Waals surface area contributed by atoms with E-state index in [0.29, 0.717) is 0 Å². The molecule has 0 radical (unpaired) electrons. The van der Waals surface area contributed by atoms with E-state index in [9.17, 15) is 0 Å². The molecule has 0 amide bonds. The summed E-state index contributed by atoms with van der Waals surface area (Å²) >= 11 is 0. The highest BCUT2D eigenvalue weighted by molar-refractivity contribution is 5.76. The van der Waals surface area contributed by atoms with Crippen molar-refractivity contribution in [1.29, 1.82) is 0 Å². The minimum atomic E-state index is 0.807. The molecule has 1 fully saturated rings. The molecular formula is C16H21N3. The van der Waals surface area contributed by atoms with Gasteiger partial charge in [0.15, 0.2) is 0 Å². The molecule has 1 aliphatic carbocycles. The van der Waals surface area contributed by atoms with Crippen molar-refractivity contribution in [3.05, 3.63) is 30.0 Å². The number of hydrogen-bond donors (Lipinski definition) is 1. The number of hydrogen-bond acceptors (Lipinski definition) is 3. The lowest BCUT2D eigenvalue weighted by atomic mass is 9.89. The van der Waals surface area contributed by atoms with Crippen LogP contribution in [0.4, 0.5) is 5.82 Å². The van der Waals surface area contributed by atoms with Gasteiger partial charge in [-0.05, 0) is 37.8 Å². The first kappa shape index (κ1) is 12.4. The van der Waals surface area contributed by atoms with Gasteiger partial charge in [-0.15, -0.1) is 0 Å². The van der Waals surface area contributed by atoms with Crippen LogP contribution in [-0.4, -0.2) is 16.5 Å². The number of anilines is 1. The van der Waals surface area contributed by atoms with Gasteiger partial charge in [0.25, 0.3) is 0 Å². The van der Waals surface area contributed by atoms with Crippen LogP contribution in [0.25, 0.3) is 11.0 Å². The fraction of sp³-hybridized carbons (Fsp3) is 0.500. The van der Waals surface area contributed by atoms with Gasteiger partial charge in [0.2, 0.25) is 0 Å². The maximum Gasteiger partial charge on any atom is 0.148 e. The van der Waals surface area contributed by atoms with Crippen LogP contribution in [0, 0.1) is 12.8 Å². The Bertz CT molecular complexity index is 559. The summed E-state index contributed by atoms with van der Waals surface area (Å²) in [6.45, 7) is 3.07. The average Bonchev–Trinajstić information content (AvgIpc) is 2.46. The van der Waals surface area contributed by atoms with Crippen LogP contribution in [0.2, 0.25) is 0 Å². The van der Waals surface area contributed by atoms with E-state index < -0.39 is 0 Å². The van der Waals surface area contributed by atoms with Crippen LogP contribution in [0.15, 0.2) is 24.3 Å². The molecule has 0 atom stereocenters. The molecule has 3 nitrogen and oxygen atoms in total. The summed E-state index contributed by atoms with van der Waals surface area (Å²) in [4.78, 5) is 9.30. The third-order valence-corrected chi connectivity index (χ3v) is 4.03. The predicted molar refractivity (Wildman–Crippen MR) is 79.3 cm³/mol. The molecule has 1 N–H and O–H groups in total. The zero-order chi connectivity index (χ0) is 13.1. The molecule has 3 heteroatoms. The lowest BCUT2D eigenvalue weighted by molar-refractivity contribution is 0.373. The third-order valence-electron chi connectivity index (χ3n) is 4.03. The molecule has 1 heterocycles. The number of nitrogens with zero attached hydrogens (tertiary/aromatic N) is 2. The first-order valence-electron chi connectivity index (χ1n) is 7.30. The summed E-state index contributed by atoms with van der Waals surface area (Å²) < 4.78 is 0. The van der Waals surface area contributed by atoms with Gasteiger partial charge in [0.1, 0.15) is 5.82 Å². The SMILES string of the molecule is Cc1nc2ccccc2nc1NCC1CCCCC1. The van der Waals surface area contributed by atoms with Crippen molar-refractivity contribution in [2.45, 2.75) is 39.0 Å². The van der Waals surface area contributed by atoms with Crippen LogP contribution in [0.1, 0.15) is 37.8 Å². The summed E-state index contributed by atoms with van der Waals surface area (Å²) in [7, 11) is 0. The standard InChI is InChI=1S/C16H21N3/c1-12-16(17-11-13-7-3-2-4-8-13)19-15-10-6-5-9-14(15)18-12/h5-6,9-10,13H,2-4,7-8,11H2,1H3,(H,17,19). The van der Waals surface area contributed by atoms with E-state index in [4.69, 9.17) is 0 Å². The zero-order valence-corrected chi connectivity index (χ0v) is 11.5. The van der Waals surface area contributed by atoms with Crippen LogP contribution in [-0.2, 0) is 0 Å². The summed E-state index contributed by atoms with van der Waals surface area (Å²) in [6, 6.07) is 8.05. The molecule has 0 unspecified atom stereocenters. The number of fused-ring (bicyclic) bond motifs is 1. The molecule has 1 saturated carbocycles. The summed E-state index contributed by atoms with van der Waals surface area (Å²) in [6.07, 6.45) is 6.88. The highest BCUT2D eigenvalue weighted by atomic mass is 15.0. The minimum absolute atomic E-state index is 0.807. The molecule has 19 heavy (non-hydrogen) atoms. The van der Waals surface area contributed by atoms with Crippen LogP contribution >= 0.6 is 0 Å². The number of aromatic nitrogens is 2. The quantitative estimate of drug-likeness (QED) is 0.903. The topological polar surface area (TPSA) is 37.8 Å². The lowest BCUT2D eigenvalue weighted by Crippen LogP contribution is -2.18. The zero-order valence-electron chi connectivity index (χ0n) is 11.5. The monoisotopic (exact) mass is 255 g/mol. The first-order valence-corrected chi connectivity index (χ1v) is 7.30. The van der Waals surface area contributed by atoms with E-state index in [1.807, 2.05) is 31.2 Å². The van der Waals surface area contributed by atoms with Crippen molar-refractivity contribution in [2.24, 2.45) is 5.92 Å². The van der Waals surface area contributed by atoms with Gasteiger partial charge in [0.05, 0.1) is 16.7 Å². The number of rotatable bonds is 3. The Morgan fingerprint density at radius 1 is 1.05 bits per heavy atom. The first-order chi connectivity index (χ1) is 9.33. The van der Waals surface area contributed by atoms with E-state index in [2.05, 4.69) is 15.3 Å². The second-order valence-corrected chi connectivity index (χ2v) is 5.53. The molecule has 1 aliphatic rings. The molecule has 0 bridgehead atoms. The Kier molecular flexibility index (Phi) is 3.62. The molecule has 1 aromatic carbocycles. The number of aryl methyl sites for hydroxylation is 1. The third kappa shape index (κ3) is 2.86. The maximum absolute atomic E-state index is 4.69. The van der Waals surface area contributed by atoms with Gasteiger partial charge in [0, 0.05) is 6.54 Å². The van der Waals surface area contributed by atoms with Gasteiger partial charge in [-0.25, -0.2) is 9.97 Å². The lowest BCUT2D eigenvalue weighted by Gasteiger charge is -2.22. The van der Waals surface area contributed by atoms with Crippen LogP contribution in [0.3, 0.4) is 0 Å². The molecule has 3 rings (SSSR count). The number of nitrogens with one attached hydrogen (secondary N) is 1. The smallest absolute Gasteiger partial charge is 0.148 e. The van der Waals surface area contributed by atoms with Gasteiger partial charge >= 0.3 is 0 Å². The molecule has 1 aromatic heterocycles. The van der Waals surface area contributed by atoms with E-state index >= 15 is 0 Å². The Morgan fingerprint density at radius 2 is 1.74 bits per heavy atom. The van der Waals surface area contributed by atoms with E-state index in [0.717, 1.165) is 35.0 Å². The van der Waals surface area contributed by atoms with E-state index in [1.165, 1.54) is 32.1 Å². The molecule has 100 valence electrons. The van der Waals surface area contributed by atoms with Crippen molar-refractivity contribution >= 4 is 16.9 Å².